The summed E-state index contributed by atoms with van der Waals surface area (Å²) in [5.41, 5.74) is -0.313. The van der Waals surface area contributed by atoms with Gasteiger partial charge in [0.05, 0.1) is 18.5 Å². The van der Waals surface area contributed by atoms with E-state index in [0.29, 0.717) is 5.76 Å². The van der Waals surface area contributed by atoms with E-state index in [9.17, 15) is 18.0 Å². The molecule has 1 amide bonds. The molecule has 0 saturated heterocycles. The predicted molar refractivity (Wildman–Crippen MR) is 81.5 cm³/mol. The van der Waals surface area contributed by atoms with E-state index in [1.165, 1.54) is 12.3 Å². The van der Waals surface area contributed by atoms with Crippen LogP contribution < -0.4 is 10.6 Å². The predicted octanol–water partition coefficient (Wildman–Crippen LogP) is 3.16. The number of nitrogens with one attached hydrogen (secondary N) is 2. The van der Waals surface area contributed by atoms with Crippen molar-refractivity contribution < 1.29 is 22.4 Å². The molecule has 2 N–H and O–H groups in total. The Morgan fingerprint density at radius 1 is 1.12 bits per heavy atom. The molecule has 0 aliphatic heterocycles. The summed E-state index contributed by atoms with van der Waals surface area (Å²) in [7, 11) is 0. The first kappa shape index (κ1) is 16.5. The van der Waals surface area contributed by atoms with E-state index in [1.54, 1.807) is 12.1 Å². The van der Waals surface area contributed by atoms with Crippen molar-refractivity contribution in [2.45, 2.75) is 6.54 Å². The van der Waals surface area contributed by atoms with Crippen molar-refractivity contribution in [2.24, 2.45) is 0 Å². The molecule has 1 aromatic carbocycles. The molecule has 0 atom stereocenters. The lowest BCUT2D eigenvalue weighted by Gasteiger charge is -2.08. The Morgan fingerprint density at radius 2 is 1.96 bits per heavy atom. The van der Waals surface area contributed by atoms with Crippen molar-refractivity contribution in [1.29, 1.82) is 0 Å². The molecule has 3 aromatic rings. The van der Waals surface area contributed by atoms with Crippen LogP contribution in [0.2, 0.25) is 0 Å². The number of nitrogens with zero attached hydrogens (tertiary/aromatic N) is 2. The van der Waals surface area contributed by atoms with E-state index >= 15 is 0 Å². The lowest BCUT2D eigenvalue weighted by atomic mass is 10.2. The summed E-state index contributed by atoms with van der Waals surface area (Å²) in [4.78, 5) is 19.7. The zero-order valence-corrected chi connectivity index (χ0v) is 12.6. The van der Waals surface area contributed by atoms with Crippen LogP contribution in [0.25, 0.3) is 0 Å². The zero-order valence-electron chi connectivity index (χ0n) is 12.6. The highest BCUT2D eigenvalue weighted by molar-refractivity contribution is 5.92. The van der Waals surface area contributed by atoms with Crippen molar-refractivity contribution in [3.63, 3.8) is 0 Å². The number of benzene rings is 1. The standard InChI is InChI=1S/C16H11F3N4O2/c17-10-3-4-11(15(19)14(10)18)23-13-6-12(21-8-22-13)16(24)20-7-9-2-1-5-25-9/h1-6,8H,7H2,(H,20,24)(H,21,22,23). The van der Waals surface area contributed by atoms with E-state index in [-0.39, 0.29) is 23.7 Å². The van der Waals surface area contributed by atoms with Gasteiger partial charge in [-0.1, -0.05) is 0 Å². The Morgan fingerprint density at radius 3 is 2.72 bits per heavy atom. The minimum absolute atomic E-state index is 0.00653. The fourth-order valence-electron chi connectivity index (χ4n) is 1.98. The van der Waals surface area contributed by atoms with Gasteiger partial charge in [-0.2, -0.15) is 0 Å². The highest BCUT2D eigenvalue weighted by Gasteiger charge is 2.15. The van der Waals surface area contributed by atoms with Crippen molar-refractivity contribution in [2.75, 3.05) is 5.32 Å². The average Bonchev–Trinajstić information content (AvgIpc) is 3.14. The van der Waals surface area contributed by atoms with Gasteiger partial charge in [0, 0.05) is 6.07 Å². The third-order valence-electron chi connectivity index (χ3n) is 3.20. The quantitative estimate of drug-likeness (QED) is 0.693. The molecule has 0 bridgehead atoms. The second-order valence-corrected chi connectivity index (χ2v) is 4.90. The largest absolute Gasteiger partial charge is 0.467 e. The molecule has 128 valence electrons. The Hall–Kier alpha value is -3.36. The molecule has 6 nitrogen and oxygen atoms in total. The van der Waals surface area contributed by atoms with E-state index in [4.69, 9.17) is 4.42 Å². The maximum atomic E-state index is 13.7. The number of hydrogen-bond acceptors (Lipinski definition) is 5. The SMILES string of the molecule is O=C(NCc1ccco1)c1cc(Nc2ccc(F)c(F)c2F)ncn1. The Labute approximate surface area is 139 Å². The minimum Gasteiger partial charge on any atom is -0.467 e. The number of rotatable bonds is 5. The molecule has 9 heteroatoms. The van der Waals surface area contributed by atoms with E-state index in [1.807, 2.05) is 0 Å². The summed E-state index contributed by atoms with van der Waals surface area (Å²) >= 11 is 0. The number of halogens is 3. The molecule has 0 aliphatic rings. The Balaban J connectivity index is 1.73. The van der Waals surface area contributed by atoms with E-state index in [0.717, 1.165) is 18.5 Å². The topological polar surface area (TPSA) is 80.0 Å². The van der Waals surface area contributed by atoms with Gasteiger partial charge >= 0.3 is 0 Å². The number of hydrogen-bond donors (Lipinski definition) is 2. The molecule has 3 rings (SSSR count). The second kappa shape index (κ2) is 7.04. The van der Waals surface area contributed by atoms with Crippen LogP contribution in [0.1, 0.15) is 16.2 Å². The molecule has 0 radical (unpaired) electrons. The summed E-state index contributed by atoms with van der Waals surface area (Å²) in [5, 5.41) is 5.06. The zero-order chi connectivity index (χ0) is 17.8. The van der Waals surface area contributed by atoms with Gasteiger partial charge < -0.3 is 15.1 Å². The highest BCUT2D eigenvalue weighted by atomic mass is 19.2. The fraction of sp³-hybridized carbons (Fsp3) is 0.0625. The molecule has 0 aliphatic carbocycles. The smallest absolute Gasteiger partial charge is 0.270 e. The van der Waals surface area contributed by atoms with E-state index in [2.05, 4.69) is 20.6 Å². The molecular formula is C16H11F3N4O2. The number of amides is 1. The van der Waals surface area contributed by atoms with Gasteiger partial charge in [0.25, 0.3) is 5.91 Å². The monoisotopic (exact) mass is 348 g/mol. The summed E-state index contributed by atoms with van der Waals surface area (Å²) in [6.07, 6.45) is 2.56. The maximum absolute atomic E-state index is 13.7. The Bertz CT molecular complexity index is 900. The minimum atomic E-state index is -1.60. The normalized spacial score (nSPS) is 10.5. The number of carbonyl (C=O) groups is 1. The Kier molecular flexibility index (Phi) is 4.64. The van der Waals surface area contributed by atoms with Gasteiger partial charge in [0.15, 0.2) is 17.5 Å². The first-order valence-corrected chi connectivity index (χ1v) is 7.07. The van der Waals surface area contributed by atoms with Gasteiger partial charge in [-0.25, -0.2) is 23.1 Å². The van der Waals surface area contributed by atoms with Crippen LogP contribution in [0.3, 0.4) is 0 Å². The van der Waals surface area contributed by atoms with Gasteiger partial charge in [-0.3, -0.25) is 4.79 Å². The van der Waals surface area contributed by atoms with Crippen molar-refractivity contribution >= 4 is 17.4 Å². The summed E-state index contributed by atoms with van der Waals surface area (Å²) in [6.45, 7) is 0.163. The molecule has 2 aromatic heterocycles. The van der Waals surface area contributed by atoms with Crippen molar-refractivity contribution in [3.8, 4) is 0 Å². The van der Waals surface area contributed by atoms with Crippen LogP contribution in [0.4, 0.5) is 24.7 Å². The molecule has 0 spiro atoms. The van der Waals surface area contributed by atoms with Crippen LogP contribution in [0.15, 0.2) is 47.3 Å². The third-order valence-corrected chi connectivity index (χ3v) is 3.20. The number of anilines is 2. The molecule has 0 saturated carbocycles. The van der Waals surface area contributed by atoms with Crippen molar-refractivity contribution in [3.05, 3.63) is 71.8 Å². The highest BCUT2D eigenvalue weighted by Crippen LogP contribution is 2.22. The lowest BCUT2D eigenvalue weighted by molar-refractivity contribution is 0.0943. The van der Waals surface area contributed by atoms with Crippen LogP contribution >= 0.6 is 0 Å². The van der Waals surface area contributed by atoms with Crippen LogP contribution in [0.5, 0.6) is 0 Å². The summed E-state index contributed by atoms with van der Waals surface area (Å²) < 4.78 is 44.9. The fourth-order valence-corrected chi connectivity index (χ4v) is 1.98. The second-order valence-electron chi connectivity index (χ2n) is 4.90. The van der Waals surface area contributed by atoms with Crippen LogP contribution in [-0.4, -0.2) is 15.9 Å². The molecule has 25 heavy (non-hydrogen) atoms. The molecule has 0 unspecified atom stereocenters. The lowest BCUT2D eigenvalue weighted by Crippen LogP contribution is -2.23. The molecular weight excluding hydrogens is 337 g/mol. The number of furan rings is 1. The van der Waals surface area contributed by atoms with Gasteiger partial charge in [0.2, 0.25) is 0 Å². The van der Waals surface area contributed by atoms with Crippen LogP contribution in [0, 0.1) is 17.5 Å². The van der Waals surface area contributed by atoms with Gasteiger partial charge in [-0.05, 0) is 24.3 Å². The molecule has 2 heterocycles. The van der Waals surface area contributed by atoms with Gasteiger partial charge in [-0.15, -0.1) is 0 Å². The van der Waals surface area contributed by atoms with Crippen LogP contribution in [-0.2, 0) is 6.54 Å². The summed E-state index contributed by atoms with van der Waals surface area (Å²) in [5.74, 6) is -4.19. The average molecular weight is 348 g/mol. The maximum Gasteiger partial charge on any atom is 0.270 e. The summed E-state index contributed by atoms with van der Waals surface area (Å²) in [6, 6.07) is 6.42. The van der Waals surface area contributed by atoms with Crippen molar-refractivity contribution in [1.82, 2.24) is 15.3 Å². The molecule has 0 fully saturated rings. The third kappa shape index (κ3) is 3.77. The number of carbonyl (C=O) groups excluding carboxylic acids is 1. The van der Waals surface area contributed by atoms with E-state index < -0.39 is 23.4 Å². The van der Waals surface area contributed by atoms with Gasteiger partial charge in [0.1, 0.15) is 23.6 Å². The first-order valence-electron chi connectivity index (χ1n) is 7.07. The number of aromatic nitrogens is 2. The first-order chi connectivity index (χ1) is 12.0.